The zero-order valence-electron chi connectivity index (χ0n) is 28.8. The Morgan fingerprint density at radius 3 is 1.60 bits per heavy atom. The smallest absolute Gasteiger partial charge is 0.145 e. The van der Waals surface area contributed by atoms with Gasteiger partial charge in [-0.1, -0.05) is 109 Å². The molecule has 248 valence electrons. The van der Waals surface area contributed by atoms with E-state index >= 15 is 0 Å². The molecule has 4 nitrogen and oxygen atoms in total. The first kappa shape index (κ1) is 29.5. The second kappa shape index (κ2) is 11.7. The van der Waals surface area contributed by atoms with E-state index < -0.39 is 0 Å². The third-order valence-corrected chi connectivity index (χ3v) is 10.7. The molecule has 0 aliphatic carbocycles. The minimum atomic E-state index is 0.927. The van der Waals surface area contributed by atoms with E-state index in [-0.39, 0.29) is 0 Å². The maximum atomic E-state index is 5.12. The van der Waals surface area contributed by atoms with Crippen LogP contribution in [-0.2, 0) is 0 Å². The Bertz CT molecular complexity index is 3150. The number of nitrogens with zero attached hydrogens (tertiary/aromatic N) is 4. The lowest BCUT2D eigenvalue weighted by atomic mass is 9.98. The first-order valence-corrected chi connectivity index (χ1v) is 18.1. The minimum Gasteiger partial charge on any atom is -0.309 e. The van der Waals surface area contributed by atoms with Gasteiger partial charge in [0.2, 0.25) is 0 Å². The van der Waals surface area contributed by atoms with Crippen molar-refractivity contribution in [1.29, 1.82) is 0 Å². The van der Waals surface area contributed by atoms with Gasteiger partial charge in [-0.2, -0.15) is 0 Å². The van der Waals surface area contributed by atoms with Gasteiger partial charge >= 0.3 is 0 Å². The van der Waals surface area contributed by atoms with Crippen LogP contribution in [0.4, 0.5) is 0 Å². The Kier molecular flexibility index (Phi) is 6.52. The molecule has 0 radical (unpaired) electrons. The first-order valence-electron chi connectivity index (χ1n) is 18.1. The highest BCUT2D eigenvalue weighted by Gasteiger charge is 2.19. The number of hydrogen-bond acceptors (Lipinski definition) is 1. The fraction of sp³-hybridized carbons (Fsp3) is 0. The molecule has 3 heterocycles. The lowest BCUT2D eigenvalue weighted by Crippen LogP contribution is -1.98. The zero-order chi connectivity index (χ0) is 34.9. The monoisotopic (exact) mass is 676 g/mol. The van der Waals surface area contributed by atoms with Crippen LogP contribution in [0.25, 0.3) is 94.2 Å². The van der Waals surface area contributed by atoms with Gasteiger partial charge in [-0.25, -0.2) is 4.98 Å². The van der Waals surface area contributed by atoms with Crippen molar-refractivity contribution in [3.63, 3.8) is 0 Å². The van der Waals surface area contributed by atoms with Crippen molar-refractivity contribution in [3.8, 4) is 39.6 Å². The molecule has 0 saturated carbocycles. The first-order chi connectivity index (χ1) is 26.3. The predicted octanol–water partition coefficient (Wildman–Crippen LogP) is 12.6. The van der Waals surface area contributed by atoms with Crippen LogP contribution in [0.2, 0.25) is 0 Å². The normalized spacial score (nSPS) is 11.8. The molecule has 0 atom stereocenters. The summed E-state index contributed by atoms with van der Waals surface area (Å²) in [4.78, 5) is 5.12. The van der Waals surface area contributed by atoms with Crippen LogP contribution in [0.5, 0.6) is 0 Å². The van der Waals surface area contributed by atoms with Crippen LogP contribution in [0, 0.1) is 0 Å². The molecular weight excluding hydrogens is 645 g/mol. The number of para-hydroxylation sites is 6. The highest BCUT2D eigenvalue weighted by atomic mass is 15.1. The molecule has 0 unspecified atom stereocenters. The highest BCUT2D eigenvalue weighted by molar-refractivity contribution is 6.17. The maximum absolute atomic E-state index is 5.12. The Balaban J connectivity index is 1.10. The second-order valence-electron chi connectivity index (χ2n) is 13.6. The molecule has 11 rings (SSSR count). The Morgan fingerprint density at radius 2 is 0.849 bits per heavy atom. The summed E-state index contributed by atoms with van der Waals surface area (Å²) in [5, 5.41) is 4.99. The number of benzene rings is 8. The molecule has 0 saturated heterocycles. The minimum absolute atomic E-state index is 0.927. The molecule has 0 amide bonds. The predicted molar refractivity (Wildman–Crippen MR) is 221 cm³/mol. The van der Waals surface area contributed by atoms with Gasteiger partial charge in [0.15, 0.2) is 0 Å². The number of hydrogen-bond donors (Lipinski definition) is 0. The topological polar surface area (TPSA) is 27.7 Å². The van der Waals surface area contributed by atoms with Gasteiger partial charge in [0.1, 0.15) is 5.82 Å². The molecule has 11 aromatic rings. The summed E-state index contributed by atoms with van der Waals surface area (Å²) in [6.45, 7) is 0. The Morgan fingerprint density at radius 1 is 0.321 bits per heavy atom. The number of rotatable bonds is 5. The van der Waals surface area contributed by atoms with Crippen molar-refractivity contribution in [3.05, 3.63) is 194 Å². The van der Waals surface area contributed by atoms with Crippen molar-refractivity contribution < 1.29 is 0 Å². The third-order valence-electron chi connectivity index (χ3n) is 10.7. The second-order valence-corrected chi connectivity index (χ2v) is 13.6. The summed E-state index contributed by atoms with van der Waals surface area (Å²) >= 11 is 0. The van der Waals surface area contributed by atoms with Crippen molar-refractivity contribution in [2.24, 2.45) is 0 Å². The van der Waals surface area contributed by atoms with Gasteiger partial charge in [0.05, 0.1) is 33.1 Å². The molecule has 3 aromatic heterocycles. The van der Waals surface area contributed by atoms with E-state index in [2.05, 4.69) is 208 Å². The van der Waals surface area contributed by atoms with Gasteiger partial charge in [-0.15, -0.1) is 0 Å². The summed E-state index contributed by atoms with van der Waals surface area (Å²) in [7, 11) is 0. The summed E-state index contributed by atoms with van der Waals surface area (Å²) in [6.07, 6.45) is 0. The van der Waals surface area contributed by atoms with Crippen LogP contribution in [0.15, 0.2) is 194 Å². The molecule has 0 aliphatic heterocycles. The lowest BCUT2D eigenvalue weighted by molar-refractivity contribution is 1.10. The fourth-order valence-electron chi connectivity index (χ4n) is 8.35. The standard InChI is InChI=1S/C49H32N4/c1-3-14-35(15-4-1)51-44-23-11-8-19-41(44)48-38(20-13-25-46(48)51)34-28-31-40-39-18-7-10-22-43(39)52(47(40)32-34)37-29-26-33(27-30-37)49-50-42-21-9-12-24-45(42)53(49)36-16-5-2-6-17-36/h1-32H. The molecule has 0 aliphatic rings. The Hall–Kier alpha value is -7.17. The molecule has 0 bridgehead atoms. The number of imidazole rings is 1. The van der Waals surface area contributed by atoms with E-state index in [9.17, 15) is 0 Å². The van der Waals surface area contributed by atoms with Gasteiger partial charge in [-0.3, -0.25) is 4.57 Å². The number of aromatic nitrogens is 4. The van der Waals surface area contributed by atoms with E-state index in [0.29, 0.717) is 0 Å². The average molecular weight is 677 g/mol. The quantitative estimate of drug-likeness (QED) is 0.178. The average Bonchev–Trinajstić information content (AvgIpc) is 3.89. The molecule has 8 aromatic carbocycles. The van der Waals surface area contributed by atoms with E-state index in [1.165, 1.54) is 54.7 Å². The molecule has 0 spiro atoms. The fourth-order valence-corrected chi connectivity index (χ4v) is 8.35. The summed E-state index contributed by atoms with van der Waals surface area (Å²) in [6, 6.07) is 69.6. The molecular formula is C49H32N4. The van der Waals surface area contributed by atoms with Crippen molar-refractivity contribution in [1.82, 2.24) is 18.7 Å². The van der Waals surface area contributed by atoms with Crippen LogP contribution >= 0.6 is 0 Å². The van der Waals surface area contributed by atoms with E-state index in [4.69, 9.17) is 4.98 Å². The summed E-state index contributed by atoms with van der Waals surface area (Å²) in [5.74, 6) is 0.927. The number of fused-ring (bicyclic) bond motifs is 7. The van der Waals surface area contributed by atoms with E-state index in [1.807, 2.05) is 0 Å². The Labute approximate surface area is 306 Å². The van der Waals surface area contributed by atoms with Gasteiger partial charge < -0.3 is 9.13 Å². The summed E-state index contributed by atoms with van der Waals surface area (Å²) in [5.41, 5.74) is 13.7. The summed E-state index contributed by atoms with van der Waals surface area (Å²) < 4.78 is 7.05. The highest BCUT2D eigenvalue weighted by Crippen LogP contribution is 2.41. The molecule has 4 heteroatoms. The van der Waals surface area contributed by atoms with Crippen LogP contribution in [0.3, 0.4) is 0 Å². The van der Waals surface area contributed by atoms with Gasteiger partial charge in [-0.05, 0) is 96.1 Å². The van der Waals surface area contributed by atoms with Crippen molar-refractivity contribution in [2.45, 2.75) is 0 Å². The van der Waals surface area contributed by atoms with Crippen LogP contribution in [0.1, 0.15) is 0 Å². The van der Waals surface area contributed by atoms with Gasteiger partial charge in [0, 0.05) is 44.2 Å². The van der Waals surface area contributed by atoms with Crippen LogP contribution < -0.4 is 0 Å². The zero-order valence-corrected chi connectivity index (χ0v) is 28.8. The molecule has 0 N–H and O–H groups in total. The maximum Gasteiger partial charge on any atom is 0.145 e. The SMILES string of the molecule is c1ccc(-n2c(-c3ccc(-n4c5ccccc5c5ccc(-c6cccc7c6c6ccccc6n7-c6ccccc6)cc54)cc3)nc3ccccc32)cc1. The van der Waals surface area contributed by atoms with Crippen molar-refractivity contribution in [2.75, 3.05) is 0 Å². The third kappa shape index (κ3) is 4.52. The van der Waals surface area contributed by atoms with Gasteiger partial charge in [0.25, 0.3) is 0 Å². The lowest BCUT2D eigenvalue weighted by Gasteiger charge is -2.12. The largest absolute Gasteiger partial charge is 0.309 e. The van der Waals surface area contributed by atoms with Crippen molar-refractivity contribution >= 4 is 54.6 Å². The molecule has 0 fully saturated rings. The molecule has 53 heavy (non-hydrogen) atoms. The van der Waals surface area contributed by atoms with E-state index in [0.717, 1.165) is 39.5 Å². The van der Waals surface area contributed by atoms with Crippen LogP contribution in [-0.4, -0.2) is 18.7 Å². The van der Waals surface area contributed by atoms with E-state index in [1.54, 1.807) is 0 Å².